The molecular weight excluding hydrogens is 330 g/mol. The fourth-order valence-corrected chi connectivity index (χ4v) is 3.38. The first-order chi connectivity index (χ1) is 12.2. The van der Waals surface area contributed by atoms with E-state index in [9.17, 15) is 9.59 Å². The minimum absolute atomic E-state index is 0.00483. The summed E-state index contributed by atoms with van der Waals surface area (Å²) in [6, 6.07) is 1.87. The van der Waals surface area contributed by atoms with Gasteiger partial charge in [-0.1, -0.05) is 13.8 Å². The Morgan fingerprint density at radius 2 is 1.77 bits per heavy atom. The molecule has 2 heterocycles. The number of amides is 1. The van der Waals surface area contributed by atoms with Gasteiger partial charge in [0.25, 0.3) is 0 Å². The summed E-state index contributed by atoms with van der Waals surface area (Å²) in [6.07, 6.45) is 0.00483. The number of carbonyl (C=O) groups is 1. The van der Waals surface area contributed by atoms with Crippen molar-refractivity contribution in [3.63, 3.8) is 0 Å². The van der Waals surface area contributed by atoms with Crippen LogP contribution in [-0.4, -0.2) is 12.5 Å². The topological polar surface area (TPSA) is 72.5 Å². The van der Waals surface area contributed by atoms with Gasteiger partial charge >= 0.3 is 5.63 Å². The lowest BCUT2D eigenvalue weighted by atomic mass is 9.98. The first kappa shape index (κ1) is 18.2. The molecule has 0 atom stereocenters. The molecule has 1 aromatic carbocycles. The van der Waals surface area contributed by atoms with Gasteiger partial charge in [0.2, 0.25) is 5.91 Å². The molecule has 0 aliphatic rings. The van der Waals surface area contributed by atoms with E-state index in [0.717, 1.165) is 38.8 Å². The normalized spacial score (nSPS) is 11.7. The summed E-state index contributed by atoms with van der Waals surface area (Å²) in [5.74, 6) is 1.02. The molecule has 0 fully saturated rings. The average Bonchev–Trinajstić information content (AvgIpc) is 2.84. The van der Waals surface area contributed by atoms with Crippen molar-refractivity contribution in [2.75, 3.05) is 6.54 Å². The Hall–Kier alpha value is -2.56. The maximum absolute atomic E-state index is 12.5. The highest BCUT2D eigenvalue weighted by molar-refractivity contribution is 6.07. The molecule has 0 saturated heterocycles. The Labute approximate surface area is 152 Å². The lowest BCUT2D eigenvalue weighted by Crippen LogP contribution is -2.30. The van der Waals surface area contributed by atoms with E-state index >= 15 is 0 Å². The zero-order valence-corrected chi connectivity index (χ0v) is 16.2. The van der Waals surface area contributed by atoms with Crippen molar-refractivity contribution >= 4 is 27.8 Å². The molecule has 1 amide bonds. The number of nitrogens with one attached hydrogen (secondary N) is 1. The number of hydrogen-bond donors (Lipinski definition) is 1. The fraction of sp³-hybridized carbons (Fsp3) is 0.429. The monoisotopic (exact) mass is 355 g/mol. The highest BCUT2D eigenvalue weighted by Crippen LogP contribution is 2.35. The van der Waals surface area contributed by atoms with Gasteiger partial charge in [0.05, 0.1) is 17.4 Å². The zero-order valence-electron chi connectivity index (χ0n) is 16.2. The first-order valence-electron chi connectivity index (χ1n) is 8.93. The van der Waals surface area contributed by atoms with Gasteiger partial charge in [0.1, 0.15) is 16.9 Å². The molecule has 138 valence electrons. The number of hydrogen-bond acceptors (Lipinski definition) is 4. The predicted molar refractivity (Wildman–Crippen MR) is 103 cm³/mol. The summed E-state index contributed by atoms with van der Waals surface area (Å²) >= 11 is 0. The largest absolute Gasteiger partial charge is 0.460 e. The van der Waals surface area contributed by atoms with Gasteiger partial charge in [-0.05, 0) is 56.4 Å². The van der Waals surface area contributed by atoms with Crippen molar-refractivity contribution in [1.82, 2.24) is 5.32 Å². The SMILES string of the molecule is Cc1oc2c(c(C)cc3oc(=O)c(CC(=O)NCC(C)C)c(C)c32)c1C. The smallest absolute Gasteiger partial charge is 0.340 e. The Bertz CT molecular complexity index is 1070. The number of fused-ring (bicyclic) bond motifs is 3. The van der Waals surface area contributed by atoms with Crippen LogP contribution < -0.4 is 10.9 Å². The van der Waals surface area contributed by atoms with Crippen LogP contribution in [0.25, 0.3) is 21.9 Å². The van der Waals surface area contributed by atoms with Crippen LogP contribution in [0.2, 0.25) is 0 Å². The van der Waals surface area contributed by atoms with E-state index in [1.165, 1.54) is 0 Å². The summed E-state index contributed by atoms with van der Waals surface area (Å²) in [5, 5.41) is 4.66. The van der Waals surface area contributed by atoms with E-state index in [0.29, 0.717) is 23.6 Å². The summed E-state index contributed by atoms with van der Waals surface area (Å²) < 4.78 is 11.5. The Kier molecular flexibility index (Phi) is 4.65. The summed E-state index contributed by atoms with van der Waals surface area (Å²) in [5.41, 5.74) is 3.98. The molecule has 0 aliphatic carbocycles. The number of aryl methyl sites for hydroxylation is 4. The van der Waals surface area contributed by atoms with Crippen LogP contribution in [0.15, 0.2) is 19.7 Å². The van der Waals surface area contributed by atoms with Crippen molar-refractivity contribution in [3.05, 3.63) is 44.5 Å². The summed E-state index contributed by atoms with van der Waals surface area (Å²) in [6.45, 7) is 12.4. The van der Waals surface area contributed by atoms with Gasteiger partial charge in [0, 0.05) is 11.9 Å². The van der Waals surface area contributed by atoms with E-state index < -0.39 is 5.63 Å². The molecule has 1 N–H and O–H groups in total. The van der Waals surface area contributed by atoms with Crippen molar-refractivity contribution in [2.45, 2.75) is 48.0 Å². The summed E-state index contributed by atoms with van der Waals surface area (Å²) in [7, 11) is 0. The third-order valence-corrected chi connectivity index (χ3v) is 4.92. The third-order valence-electron chi connectivity index (χ3n) is 4.92. The van der Waals surface area contributed by atoms with Gasteiger partial charge in [-0.25, -0.2) is 4.79 Å². The van der Waals surface area contributed by atoms with Crippen LogP contribution in [0, 0.1) is 33.6 Å². The van der Waals surface area contributed by atoms with Crippen LogP contribution >= 0.6 is 0 Å². The van der Waals surface area contributed by atoms with Crippen molar-refractivity contribution in [2.24, 2.45) is 5.92 Å². The molecule has 3 aromatic rings. The maximum atomic E-state index is 12.5. The molecule has 0 aliphatic heterocycles. The number of furan rings is 1. The predicted octanol–water partition coefficient (Wildman–Crippen LogP) is 4.09. The van der Waals surface area contributed by atoms with E-state index in [1.54, 1.807) is 0 Å². The number of rotatable bonds is 4. The van der Waals surface area contributed by atoms with Gasteiger partial charge < -0.3 is 14.2 Å². The molecule has 5 heteroatoms. The average molecular weight is 355 g/mol. The van der Waals surface area contributed by atoms with E-state index in [-0.39, 0.29) is 12.3 Å². The quantitative estimate of drug-likeness (QED) is 0.716. The van der Waals surface area contributed by atoms with Crippen molar-refractivity contribution < 1.29 is 13.6 Å². The molecule has 26 heavy (non-hydrogen) atoms. The molecule has 0 radical (unpaired) electrons. The van der Waals surface area contributed by atoms with Gasteiger partial charge in [-0.3, -0.25) is 4.79 Å². The summed E-state index contributed by atoms with van der Waals surface area (Å²) in [4.78, 5) is 24.7. The lowest BCUT2D eigenvalue weighted by molar-refractivity contribution is -0.120. The van der Waals surface area contributed by atoms with Crippen LogP contribution in [0.3, 0.4) is 0 Å². The van der Waals surface area contributed by atoms with Crippen molar-refractivity contribution in [1.29, 1.82) is 0 Å². The Morgan fingerprint density at radius 3 is 2.42 bits per heavy atom. The van der Waals surface area contributed by atoms with E-state index in [1.807, 2.05) is 47.6 Å². The molecule has 0 saturated carbocycles. The van der Waals surface area contributed by atoms with Crippen molar-refractivity contribution in [3.8, 4) is 0 Å². The van der Waals surface area contributed by atoms with Crippen LogP contribution in [0.4, 0.5) is 0 Å². The number of benzene rings is 1. The highest BCUT2D eigenvalue weighted by Gasteiger charge is 2.21. The molecule has 3 rings (SSSR count). The molecule has 5 nitrogen and oxygen atoms in total. The first-order valence-corrected chi connectivity index (χ1v) is 8.93. The maximum Gasteiger partial charge on any atom is 0.340 e. The second kappa shape index (κ2) is 6.63. The van der Waals surface area contributed by atoms with Gasteiger partial charge in [-0.2, -0.15) is 0 Å². The zero-order chi connectivity index (χ0) is 19.2. The minimum atomic E-state index is -0.464. The van der Waals surface area contributed by atoms with Gasteiger partial charge in [-0.15, -0.1) is 0 Å². The highest BCUT2D eigenvalue weighted by atomic mass is 16.4. The molecule has 2 aromatic heterocycles. The van der Waals surface area contributed by atoms with Crippen LogP contribution in [0.5, 0.6) is 0 Å². The van der Waals surface area contributed by atoms with Gasteiger partial charge in [0.15, 0.2) is 0 Å². The van der Waals surface area contributed by atoms with E-state index in [4.69, 9.17) is 8.83 Å². The molecule has 0 unspecified atom stereocenters. The Balaban J connectivity index is 2.19. The lowest BCUT2D eigenvalue weighted by Gasteiger charge is -2.11. The van der Waals surface area contributed by atoms with Crippen LogP contribution in [-0.2, 0) is 11.2 Å². The molecular formula is C21H25NO4. The second-order valence-corrected chi connectivity index (χ2v) is 7.42. The third kappa shape index (κ3) is 3.02. The second-order valence-electron chi connectivity index (χ2n) is 7.42. The standard InChI is InChI=1S/C21H25NO4/c1-10(2)9-22-17(23)8-15-13(5)19-16(26-21(15)24)7-11(3)18-12(4)14(6)25-20(18)19/h7,10H,8-9H2,1-6H3,(H,22,23). The molecule has 0 spiro atoms. The van der Waals surface area contributed by atoms with E-state index in [2.05, 4.69) is 5.32 Å². The van der Waals surface area contributed by atoms with Crippen LogP contribution in [0.1, 0.15) is 41.9 Å². The fourth-order valence-electron chi connectivity index (χ4n) is 3.38. The minimum Gasteiger partial charge on any atom is -0.460 e. The molecule has 0 bridgehead atoms. The number of carbonyl (C=O) groups excluding carboxylic acids is 1. The Morgan fingerprint density at radius 1 is 1.08 bits per heavy atom.